The lowest BCUT2D eigenvalue weighted by molar-refractivity contribution is 0.0775. The standard InChI is InChI=1S/C10H13N3O/c1-12-4-9(3-11-12)10(14)13-5-7-2-8(7)6-13/h3-4,7-8H,2,5-6H2,1H3. The first-order valence-corrected chi connectivity index (χ1v) is 5.02. The van der Waals surface area contributed by atoms with Crippen LogP contribution in [0.2, 0.25) is 0 Å². The second kappa shape index (κ2) is 2.59. The number of carbonyl (C=O) groups is 1. The number of likely N-dealkylation sites (tertiary alicyclic amines) is 1. The van der Waals surface area contributed by atoms with Gasteiger partial charge in [-0.15, -0.1) is 0 Å². The molecule has 3 rings (SSSR count). The molecule has 0 spiro atoms. The molecule has 1 aromatic rings. The number of amides is 1. The van der Waals surface area contributed by atoms with Crippen molar-refractivity contribution in [2.24, 2.45) is 18.9 Å². The zero-order chi connectivity index (χ0) is 9.71. The van der Waals surface area contributed by atoms with Gasteiger partial charge >= 0.3 is 0 Å². The van der Waals surface area contributed by atoms with Crippen LogP contribution in [0.4, 0.5) is 0 Å². The fraction of sp³-hybridized carbons (Fsp3) is 0.600. The minimum Gasteiger partial charge on any atom is -0.338 e. The highest BCUT2D eigenvalue weighted by molar-refractivity contribution is 5.94. The van der Waals surface area contributed by atoms with Gasteiger partial charge in [-0.3, -0.25) is 9.48 Å². The SMILES string of the molecule is Cn1cc(C(=O)N2CC3CC3C2)cn1. The molecule has 1 saturated heterocycles. The van der Waals surface area contributed by atoms with Gasteiger partial charge in [-0.05, 0) is 18.3 Å². The maximum absolute atomic E-state index is 11.9. The highest BCUT2D eigenvalue weighted by atomic mass is 16.2. The zero-order valence-electron chi connectivity index (χ0n) is 8.18. The third-order valence-corrected chi connectivity index (χ3v) is 3.22. The van der Waals surface area contributed by atoms with Gasteiger partial charge in [0, 0.05) is 26.3 Å². The van der Waals surface area contributed by atoms with E-state index in [4.69, 9.17) is 0 Å². The van der Waals surface area contributed by atoms with Crippen molar-refractivity contribution >= 4 is 5.91 Å². The molecule has 2 atom stereocenters. The van der Waals surface area contributed by atoms with E-state index in [1.165, 1.54) is 6.42 Å². The Morgan fingerprint density at radius 1 is 1.50 bits per heavy atom. The molecular formula is C10H13N3O. The van der Waals surface area contributed by atoms with Gasteiger partial charge in [-0.25, -0.2) is 0 Å². The largest absolute Gasteiger partial charge is 0.338 e. The first-order chi connectivity index (χ1) is 6.74. The molecule has 2 aliphatic rings. The van der Waals surface area contributed by atoms with Gasteiger partial charge in [0.05, 0.1) is 11.8 Å². The Morgan fingerprint density at radius 3 is 2.79 bits per heavy atom. The van der Waals surface area contributed by atoms with Crippen LogP contribution in [0.5, 0.6) is 0 Å². The Kier molecular flexibility index (Phi) is 1.48. The van der Waals surface area contributed by atoms with Crippen LogP contribution in [-0.2, 0) is 7.05 Å². The predicted molar refractivity (Wildman–Crippen MR) is 50.7 cm³/mol. The average Bonchev–Trinajstić information content (AvgIpc) is 2.64. The van der Waals surface area contributed by atoms with E-state index in [1.54, 1.807) is 17.1 Å². The fourth-order valence-corrected chi connectivity index (χ4v) is 2.28. The second-order valence-electron chi connectivity index (χ2n) is 4.37. The first-order valence-electron chi connectivity index (χ1n) is 5.02. The monoisotopic (exact) mass is 191 g/mol. The van der Waals surface area contributed by atoms with Crippen LogP contribution in [0.1, 0.15) is 16.8 Å². The number of hydrogen-bond acceptors (Lipinski definition) is 2. The summed E-state index contributed by atoms with van der Waals surface area (Å²) < 4.78 is 1.67. The molecule has 2 fully saturated rings. The Labute approximate surface area is 82.5 Å². The van der Waals surface area contributed by atoms with E-state index < -0.39 is 0 Å². The van der Waals surface area contributed by atoms with E-state index in [-0.39, 0.29) is 5.91 Å². The fourth-order valence-electron chi connectivity index (χ4n) is 2.28. The number of aryl methyl sites for hydroxylation is 1. The van der Waals surface area contributed by atoms with E-state index in [0.717, 1.165) is 24.9 Å². The summed E-state index contributed by atoms with van der Waals surface area (Å²) in [5.41, 5.74) is 0.716. The minimum absolute atomic E-state index is 0.144. The van der Waals surface area contributed by atoms with E-state index in [1.807, 2.05) is 11.9 Å². The van der Waals surface area contributed by atoms with Crippen molar-refractivity contribution in [3.63, 3.8) is 0 Å². The number of nitrogens with zero attached hydrogens (tertiary/aromatic N) is 3. The van der Waals surface area contributed by atoms with E-state index in [2.05, 4.69) is 5.10 Å². The van der Waals surface area contributed by atoms with E-state index in [0.29, 0.717) is 5.56 Å². The highest BCUT2D eigenvalue weighted by Crippen LogP contribution is 2.45. The highest BCUT2D eigenvalue weighted by Gasteiger charge is 2.46. The topological polar surface area (TPSA) is 38.1 Å². The summed E-state index contributed by atoms with van der Waals surface area (Å²) >= 11 is 0. The minimum atomic E-state index is 0.144. The molecule has 14 heavy (non-hydrogen) atoms. The summed E-state index contributed by atoms with van der Waals surface area (Å²) in [7, 11) is 1.83. The quantitative estimate of drug-likeness (QED) is 0.648. The number of fused-ring (bicyclic) bond motifs is 1. The summed E-state index contributed by atoms with van der Waals surface area (Å²) in [6.07, 6.45) is 4.76. The molecule has 74 valence electrons. The summed E-state index contributed by atoms with van der Waals surface area (Å²) in [5, 5.41) is 4.01. The third kappa shape index (κ3) is 1.14. The van der Waals surface area contributed by atoms with Crippen molar-refractivity contribution in [3.05, 3.63) is 18.0 Å². The van der Waals surface area contributed by atoms with Gasteiger partial charge in [0.15, 0.2) is 0 Å². The molecule has 1 aliphatic carbocycles. The number of carbonyl (C=O) groups excluding carboxylic acids is 1. The molecule has 1 amide bonds. The van der Waals surface area contributed by atoms with Gasteiger partial charge in [-0.1, -0.05) is 0 Å². The van der Waals surface area contributed by atoms with Gasteiger partial charge in [0.1, 0.15) is 0 Å². The van der Waals surface area contributed by atoms with Gasteiger partial charge in [0.2, 0.25) is 0 Å². The van der Waals surface area contributed by atoms with Gasteiger partial charge in [-0.2, -0.15) is 5.10 Å². The molecule has 2 unspecified atom stereocenters. The van der Waals surface area contributed by atoms with Crippen LogP contribution in [0, 0.1) is 11.8 Å². The van der Waals surface area contributed by atoms with Crippen LogP contribution in [0.3, 0.4) is 0 Å². The van der Waals surface area contributed by atoms with Crippen LogP contribution >= 0.6 is 0 Å². The summed E-state index contributed by atoms with van der Waals surface area (Å²) in [4.78, 5) is 13.9. The lowest BCUT2D eigenvalue weighted by Gasteiger charge is -2.16. The Morgan fingerprint density at radius 2 is 2.21 bits per heavy atom. The maximum atomic E-state index is 11.9. The van der Waals surface area contributed by atoms with Crippen LogP contribution in [0.15, 0.2) is 12.4 Å². The predicted octanol–water partition coefficient (Wildman–Crippen LogP) is 0.512. The average molecular weight is 191 g/mol. The number of hydrogen-bond donors (Lipinski definition) is 0. The van der Waals surface area contributed by atoms with Crippen molar-refractivity contribution < 1.29 is 4.79 Å². The number of rotatable bonds is 1. The van der Waals surface area contributed by atoms with Gasteiger partial charge in [0.25, 0.3) is 5.91 Å². The molecule has 0 radical (unpaired) electrons. The molecule has 2 heterocycles. The smallest absolute Gasteiger partial charge is 0.257 e. The number of piperidine rings is 1. The molecule has 1 aromatic heterocycles. The summed E-state index contributed by atoms with van der Waals surface area (Å²) in [6.45, 7) is 1.91. The van der Waals surface area contributed by atoms with Crippen molar-refractivity contribution in [2.45, 2.75) is 6.42 Å². The van der Waals surface area contributed by atoms with Crippen LogP contribution < -0.4 is 0 Å². The molecule has 0 bridgehead atoms. The summed E-state index contributed by atoms with van der Waals surface area (Å²) in [6, 6.07) is 0. The Bertz CT molecular complexity index is 374. The molecule has 0 N–H and O–H groups in total. The third-order valence-electron chi connectivity index (χ3n) is 3.22. The first kappa shape index (κ1) is 8.03. The molecular weight excluding hydrogens is 178 g/mol. The van der Waals surface area contributed by atoms with Crippen molar-refractivity contribution in [1.29, 1.82) is 0 Å². The molecule has 1 aliphatic heterocycles. The maximum Gasteiger partial charge on any atom is 0.257 e. The van der Waals surface area contributed by atoms with Gasteiger partial charge < -0.3 is 4.90 Å². The second-order valence-corrected chi connectivity index (χ2v) is 4.37. The van der Waals surface area contributed by atoms with Crippen molar-refractivity contribution in [1.82, 2.24) is 14.7 Å². The van der Waals surface area contributed by atoms with Crippen molar-refractivity contribution in [2.75, 3.05) is 13.1 Å². The van der Waals surface area contributed by atoms with E-state index in [9.17, 15) is 4.79 Å². The molecule has 0 aromatic carbocycles. The van der Waals surface area contributed by atoms with Crippen LogP contribution in [-0.4, -0.2) is 33.7 Å². The molecule has 1 saturated carbocycles. The summed E-state index contributed by atoms with van der Waals surface area (Å²) in [5.74, 6) is 1.75. The lowest BCUT2D eigenvalue weighted by atomic mass is 10.3. The zero-order valence-corrected chi connectivity index (χ0v) is 8.18. The Balaban J connectivity index is 1.76. The van der Waals surface area contributed by atoms with E-state index >= 15 is 0 Å². The lowest BCUT2D eigenvalue weighted by Crippen LogP contribution is -2.29. The van der Waals surface area contributed by atoms with Crippen molar-refractivity contribution in [3.8, 4) is 0 Å². The normalized spacial score (nSPS) is 29.1. The Hall–Kier alpha value is -1.32. The van der Waals surface area contributed by atoms with Crippen LogP contribution in [0.25, 0.3) is 0 Å². The molecule has 4 nitrogen and oxygen atoms in total. The number of aromatic nitrogens is 2. The molecule has 4 heteroatoms.